The molecule has 0 atom stereocenters. The molecule has 1 aliphatic carbocycles. The first kappa shape index (κ1) is 20.6. The zero-order valence-electron chi connectivity index (χ0n) is 18.1. The van der Waals surface area contributed by atoms with Crippen molar-refractivity contribution >= 4 is 32.6 Å². The highest BCUT2D eigenvalue weighted by molar-refractivity contribution is 7.22. The number of aromatic nitrogens is 2. The van der Waals surface area contributed by atoms with Crippen LogP contribution in [0.4, 0.5) is 5.13 Å². The molecule has 0 fully saturated rings. The van der Waals surface area contributed by atoms with Gasteiger partial charge in [0.15, 0.2) is 5.13 Å². The molecule has 1 amide bonds. The van der Waals surface area contributed by atoms with Gasteiger partial charge in [-0.2, -0.15) is 0 Å². The minimum atomic E-state index is -0.0424. The second-order valence-corrected chi connectivity index (χ2v) is 8.98. The maximum absolute atomic E-state index is 13.8. The summed E-state index contributed by atoms with van der Waals surface area (Å²) in [6.07, 6.45) is 8.08. The van der Waals surface area contributed by atoms with Crippen LogP contribution < -0.4 is 9.64 Å². The van der Waals surface area contributed by atoms with Crippen LogP contribution in [-0.2, 0) is 19.4 Å². The minimum absolute atomic E-state index is 0.0424. The number of aryl methyl sites for hydroxylation is 2. The number of ether oxygens (including phenoxy) is 1. The van der Waals surface area contributed by atoms with E-state index in [9.17, 15) is 4.79 Å². The molecular formula is C26H25N3O2S. The van der Waals surface area contributed by atoms with Crippen LogP contribution in [0.5, 0.6) is 5.75 Å². The van der Waals surface area contributed by atoms with E-state index >= 15 is 0 Å². The minimum Gasteiger partial charge on any atom is -0.492 e. The molecule has 162 valence electrons. The van der Waals surface area contributed by atoms with E-state index < -0.39 is 0 Å². The highest BCUT2D eigenvalue weighted by Gasteiger charge is 2.24. The number of pyridine rings is 1. The number of fused-ring (bicyclic) bond motifs is 2. The van der Waals surface area contributed by atoms with Crippen molar-refractivity contribution in [3.8, 4) is 5.75 Å². The third kappa shape index (κ3) is 4.10. The van der Waals surface area contributed by atoms with E-state index in [0.29, 0.717) is 23.8 Å². The zero-order chi connectivity index (χ0) is 21.9. The fraction of sp³-hybridized carbons (Fsp3) is 0.269. The summed E-state index contributed by atoms with van der Waals surface area (Å²) in [5.41, 5.74) is 5.13. The fourth-order valence-electron chi connectivity index (χ4n) is 4.22. The molecule has 2 heterocycles. The average molecular weight is 444 g/mol. The lowest BCUT2D eigenvalue weighted by molar-refractivity contribution is 0.0985. The molecule has 0 saturated heterocycles. The second-order valence-electron chi connectivity index (χ2n) is 7.98. The van der Waals surface area contributed by atoms with Gasteiger partial charge in [0.1, 0.15) is 11.3 Å². The van der Waals surface area contributed by atoms with Crippen LogP contribution in [0.2, 0.25) is 0 Å². The summed E-state index contributed by atoms with van der Waals surface area (Å²) in [6.45, 7) is 2.94. The van der Waals surface area contributed by atoms with Gasteiger partial charge in [-0.3, -0.25) is 14.7 Å². The number of thiazole rings is 1. The van der Waals surface area contributed by atoms with E-state index in [1.54, 1.807) is 17.3 Å². The van der Waals surface area contributed by atoms with Crippen molar-refractivity contribution in [3.05, 3.63) is 83.2 Å². The van der Waals surface area contributed by atoms with Crippen molar-refractivity contribution < 1.29 is 9.53 Å². The molecule has 0 bridgehead atoms. The highest BCUT2D eigenvalue weighted by atomic mass is 32.1. The number of hydrogen-bond acceptors (Lipinski definition) is 5. The van der Waals surface area contributed by atoms with Crippen molar-refractivity contribution in [2.75, 3.05) is 11.5 Å². The Balaban J connectivity index is 1.56. The normalized spacial score (nSPS) is 13.0. The monoisotopic (exact) mass is 443 g/mol. The number of amides is 1. The molecule has 5 rings (SSSR count). The van der Waals surface area contributed by atoms with Gasteiger partial charge in [-0.25, -0.2) is 4.98 Å². The van der Waals surface area contributed by atoms with Crippen LogP contribution in [-0.4, -0.2) is 22.5 Å². The molecule has 0 N–H and O–H groups in total. The van der Waals surface area contributed by atoms with E-state index in [4.69, 9.17) is 9.72 Å². The smallest absolute Gasteiger partial charge is 0.260 e. The molecule has 0 spiro atoms. The van der Waals surface area contributed by atoms with Gasteiger partial charge in [0.05, 0.1) is 17.9 Å². The number of benzene rings is 2. The van der Waals surface area contributed by atoms with E-state index in [2.05, 4.69) is 17.1 Å². The third-order valence-electron chi connectivity index (χ3n) is 5.81. The SMILES string of the molecule is CCOc1cccc2sc(N(Cc3cccnc3)C(=O)c3ccc4c(c3)CCCC4)nc12. The Morgan fingerprint density at radius 1 is 1.09 bits per heavy atom. The fourth-order valence-corrected chi connectivity index (χ4v) is 5.20. The number of anilines is 1. The molecule has 4 aromatic rings. The molecular weight excluding hydrogens is 418 g/mol. The lowest BCUT2D eigenvalue weighted by Gasteiger charge is -2.22. The predicted octanol–water partition coefficient (Wildman–Crippen LogP) is 5.82. The third-order valence-corrected chi connectivity index (χ3v) is 6.85. The molecule has 5 nitrogen and oxygen atoms in total. The van der Waals surface area contributed by atoms with Crippen LogP contribution in [0, 0.1) is 0 Å². The van der Waals surface area contributed by atoms with Crippen molar-refractivity contribution in [2.45, 2.75) is 39.2 Å². The van der Waals surface area contributed by atoms with Crippen molar-refractivity contribution in [3.63, 3.8) is 0 Å². The Kier molecular flexibility index (Phi) is 5.86. The van der Waals surface area contributed by atoms with Crippen LogP contribution in [0.25, 0.3) is 10.2 Å². The number of carbonyl (C=O) groups is 1. The van der Waals surface area contributed by atoms with Crippen LogP contribution >= 0.6 is 11.3 Å². The van der Waals surface area contributed by atoms with Crippen LogP contribution in [0.3, 0.4) is 0 Å². The largest absolute Gasteiger partial charge is 0.492 e. The van der Waals surface area contributed by atoms with Gasteiger partial charge in [-0.1, -0.05) is 29.5 Å². The summed E-state index contributed by atoms with van der Waals surface area (Å²) in [7, 11) is 0. The standard InChI is InChI=1S/C26H25N3O2S/c1-2-31-22-10-5-11-23-24(22)28-26(32-23)29(17-18-7-6-14-27-16-18)25(30)21-13-12-19-8-3-4-9-20(19)15-21/h5-7,10-16H,2-4,8-9,17H2,1H3. The first-order valence-corrected chi connectivity index (χ1v) is 11.9. The lowest BCUT2D eigenvalue weighted by Crippen LogP contribution is -2.30. The number of nitrogens with zero attached hydrogens (tertiary/aromatic N) is 3. The summed E-state index contributed by atoms with van der Waals surface area (Å²) >= 11 is 1.51. The predicted molar refractivity (Wildman–Crippen MR) is 129 cm³/mol. The molecule has 0 saturated carbocycles. The maximum Gasteiger partial charge on any atom is 0.260 e. The van der Waals surface area contributed by atoms with Gasteiger partial charge in [-0.15, -0.1) is 0 Å². The molecule has 0 radical (unpaired) electrons. The lowest BCUT2D eigenvalue weighted by atomic mass is 9.90. The summed E-state index contributed by atoms with van der Waals surface area (Å²) in [5.74, 6) is 0.703. The quantitative estimate of drug-likeness (QED) is 0.377. The topological polar surface area (TPSA) is 55.3 Å². The van der Waals surface area contributed by atoms with E-state index in [1.807, 2.05) is 43.3 Å². The van der Waals surface area contributed by atoms with Crippen LogP contribution in [0.1, 0.15) is 46.8 Å². The zero-order valence-corrected chi connectivity index (χ0v) is 18.9. The summed E-state index contributed by atoms with van der Waals surface area (Å²) in [4.78, 5) is 24.6. The molecule has 2 aromatic heterocycles. The number of hydrogen-bond donors (Lipinski definition) is 0. The number of carbonyl (C=O) groups excluding carboxylic acids is 1. The number of rotatable bonds is 6. The number of para-hydroxylation sites is 1. The molecule has 0 aliphatic heterocycles. The van der Waals surface area contributed by atoms with Crippen molar-refractivity contribution in [1.29, 1.82) is 0 Å². The summed E-state index contributed by atoms with van der Waals surface area (Å²) < 4.78 is 6.77. The highest BCUT2D eigenvalue weighted by Crippen LogP contribution is 2.35. The van der Waals surface area contributed by atoms with Crippen molar-refractivity contribution in [2.24, 2.45) is 0 Å². The van der Waals surface area contributed by atoms with Gasteiger partial charge in [0.25, 0.3) is 5.91 Å². The molecule has 1 aliphatic rings. The average Bonchev–Trinajstić information content (AvgIpc) is 3.28. The van der Waals surface area contributed by atoms with E-state index in [1.165, 1.54) is 35.3 Å². The van der Waals surface area contributed by atoms with Gasteiger partial charge >= 0.3 is 0 Å². The van der Waals surface area contributed by atoms with Crippen molar-refractivity contribution in [1.82, 2.24) is 9.97 Å². The van der Waals surface area contributed by atoms with Crippen LogP contribution in [0.15, 0.2) is 60.9 Å². The van der Waals surface area contributed by atoms with E-state index in [-0.39, 0.29) is 5.91 Å². The maximum atomic E-state index is 13.8. The van der Waals surface area contributed by atoms with Gasteiger partial charge in [0, 0.05) is 18.0 Å². The molecule has 2 aromatic carbocycles. The Labute approximate surface area is 191 Å². The van der Waals surface area contributed by atoms with Gasteiger partial charge in [-0.05, 0) is 79.6 Å². The Bertz CT molecular complexity index is 1250. The summed E-state index contributed by atoms with van der Waals surface area (Å²) in [6, 6.07) is 15.9. The Morgan fingerprint density at radius 2 is 1.97 bits per heavy atom. The first-order chi connectivity index (χ1) is 15.7. The molecule has 6 heteroatoms. The Morgan fingerprint density at radius 3 is 2.78 bits per heavy atom. The van der Waals surface area contributed by atoms with E-state index in [0.717, 1.165) is 34.4 Å². The molecule has 0 unspecified atom stereocenters. The first-order valence-electron chi connectivity index (χ1n) is 11.1. The molecule has 32 heavy (non-hydrogen) atoms. The van der Waals surface area contributed by atoms with Gasteiger partial charge in [0.2, 0.25) is 0 Å². The second kappa shape index (κ2) is 9.09. The summed E-state index contributed by atoms with van der Waals surface area (Å²) in [5, 5.41) is 0.665. The van der Waals surface area contributed by atoms with Gasteiger partial charge < -0.3 is 4.74 Å². The Hall–Kier alpha value is -3.25.